The van der Waals surface area contributed by atoms with E-state index < -0.39 is 5.97 Å². The van der Waals surface area contributed by atoms with Gasteiger partial charge >= 0.3 is 5.97 Å². The Morgan fingerprint density at radius 3 is 2.55 bits per heavy atom. The van der Waals surface area contributed by atoms with E-state index in [1.54, 1.807) is 0 Å². The molecule has 1 aliphatic carbocycles. The third-order valence-corrected chi connectivity index (χ3v) is 1.94. The number of ether oxygens (including phenoxy) is 1. The van der Waals surface area contributed by atoms with Gasteiger partial charge in [0.1, 0.15) is 6.10 Å². The molecule has 0 aliphatic heterocycles. The van der Waals surface area contributed by atoms with Gasteiger partial charge in [0.05, 0.1) is 0 Å². The van der Waals surface area contributed by atoms with Gasteiger partial charge < -0.3 is 9.84 Å². The number of aliphatic hydroxyl groups is 1. The molecule has 1 N–H and O–H groups in total. The second kappa shape index (κ2) is 4.34. The first-order valence-corrected chi connectivity index (χ1v) is 4.01. The minimum atomic E-state index is -0.614. The molecule has 0 heterocycles. The van der Waals surface area contributed by atoms with Crippen molar-refractivity contribution in [2.24, 2.45) is 0 Å². The van der Waals surface area contributed by atoms with Crippen LogP contribution in [0.3, 0.4) is 0 Å². The van der Waals surface area contributed by atoms with E-state index in [1.165, 1.54) is 6.42 Å². The lowest BCUT2D eigenvalue weighted by Gasteiger charge is -2.20. The van der Waals surface area contributed by atoms with E-state index in [9.17, 15) is 4.79 Å². The molecule has 1 rings (SSSR count). The minimum absolute atomic E-state index is 0.0413. The van der Waals surface area contributed by atoms with Crippen molar-refractivity contribution < 1.29 is 14.6 Å². The van der Waals surface area contributed by atoms with Crippen LogP contribution in [0.25, 0.3) is 0 Å². The van der Waals surface area contributed by atoms with Crippen LogP contribution in [0.15, 0.2) is 0 Å². The van der Waals surface area contributed by atoms with E-state index >= 15 is 0 Å². The van der Waals surface area contributed by atoms with Gasteiger partial charge in [0.2, 0.25) is 0 Å². The van der Waals surface area contributed by atoms with Gasteiger partial charge in [-0.05, 0) is 25.7 Å². The standard InChI is InChI=1S/C8H13O3/c9-6-8(10)11-7-4-2-1-3-5-7/h6-7,9H,1-5H2. The molecule has 1 aliphatic rings. The molecular weight excluding hydrogens is 144 g/mol. The van der Waals surface area contributed by atoms with E-state index in [-0.39, 0.29) is 6.10 Å². The Morgan fingerprint density at radius 2 is 2.00 bits per heavy atom. The van der Waals surface area contributed by atoms with Crippen molar-refractivity contribution in [3.8, 4) is 0 Å². The maximum atomic E-state index is 10.6. The molecule has 0 saturated heterocycles. The molecule has 3 heteroatoms. The van der Waals surface area contributed by atoms with Gasteiger partial charge in [0.15, 0.2) is 6.61 Å². The van der Waals surface area contributed by atoms with E-state index in [4.69, 9.17) is 9.84 Å². The first-order chi connectivity index (χ1) is 5.33. The second-order valence-corrected chi connectivity index (χ2v) is 2.83. The molecular formula is C8H13O3. The summed E-state index contributed by atoms with van der Waals surface area (Å²) >= 11 is 0. The molecule has 0 bridgehead atoms. The molecule has 1 saturated carbocycles. The van der Waals surface area contributed by atoms with Crippen molar-refractivity contribution in [2.45, 2.75) is 38.2 Å². The van der Waals surface area contributed by atoms with Crippen molar-refractivity contribution >= 4 is 5.97 Å². The number of hydrogen-bond donors (Lipinski definition) is 1. The van der Waals surface area contributed by atoms with Gasteiger partial charge in [0, 0.05) is 0 Å². The molecule has 1 fully saturated rings. The SMILES string of the molecule is O=C([CH]O)OC1CCCCC1. The van der Waals surface area contributed by atoms with Crippen LogP contribution in [-0.2, 0) is 9.53 Å². The van der Waals surface area contributed by atoms with Crippen LogP contribution in [0.4, 0.5) is 0 Å². The molecule has 0 aromatic rings. The van der Waals surface area contributed by atoms with E-state index in [2.05, 4.69) is 0 Å². The Hall–Kier alpha value is -0.570. The second-order valence-electron chi connectivity index (χ2n) is 2.83. The van der Waals surface area contributed by atoms with Crippen molar-refractivity contribution in [3.63, 3.8) is 0 Å². The van der Waals surface area contributed by atoms with Gasteiger partial charge in [-0.25, -0.2) is 4.79 Å². The highest BCUT2D eigenvalue weighted by Gasteiger charge is 2.16. The average molecular weight is 157 g/mol. The summed E-state index contributed by atoms with van der Waals surface area (Å²) in [6.07, 6.45) is 5.42. The number of aliphatic hydroxyl groups excluding tert-OH is 1. The fraction of sp³-hybridized carbons (Fsp3) is 0.750. The first kappa shape index (κ1) is 8.53. The number of carbonyl (C=O) groups is 1. The van der Waals surface area contributed by atoms with E-state index in [0.29, 0.717) is 6.61 Å². The van der Waals surface area contributed by atoms with Crippen LogP contribution in [0.1, 0.15) is 32.1 Å². The summed E-state index contributed by atoms with van der Waals surface area (Å²) in [6.45, 7) is 0.481. The van der Waals surface area contributed by atoms with Crippen molar-refractivity contribution in [1.29, 1.82) is 0 Å². The number of carbonyl (C=O) groups excluding carboxylic acids is 1. The lowest BCUT2D eigenvalue weighted by atomic mass is 9.98. The zero-order chi connectivity index (χ0) is 8.10. The third kappa shape index (κ3) is 2.89. The van der Waals surface area contributed by atoms with Gasteiger partial charge in [-0.1, -0.05) is 6.42 Å². The summed E-state index contributed by atoms with van der Waals surface area (Å²) in [5.74, 6) is -0.614. The summed E-state index contributed by atoms with van der Waals surface area (Å²) in [4.78, 5) is 10.6. The highest BCUT2D eigenvalue weighted by molar-refractivity contribution is 5.76. The predicted octanol–water partition coefficient (Wildman–Crippen LogP) is 1.40. The van der Waals surface area contributed by atoms with Crippen LogP contribution in [-0.4, -0.2) is 17.2 Å². The minimum Gasteiger partial charge on any atom is -0.460 e. The number of esters is 1. The largest absolute Gasteiger partial charge is 0.460 e. The molecule has 63 valence electrons. The Balaban J connectivity index is 2.19. The summed E-state index contributed by atoms with van der Waals surface area (Å²) in [5.41, 5.74) is 0. The molecule has 0 aromatic heterocycles. The van der Waals surface area contributed by atoms with Crippen molar-refractivity contribution in [2.75, 3.05) is 0 Å². The molecule has 3 nitrogen and oxygen atoms in total. The van der Waals surface area contributed by atoms with Gasteiger partial charge in [0.25, 0.3) is 0 Å². The Bertz CT molecular complexity index is 127. The fourth-order valence-corrected chi connectivity index (χ4v) is 1.38. The maximum absolute atomic E-state index is 10.6. The van der Waals surface area contributed by atoms with Crippen molar-refractivity contribution in [3.05, 3.63) is 6.61 Å². The predicted molar refractivity (Wildman–Crippen MR) is 39.2 cm³/mol. The highest BCUT2D eigenvalue weighted by Crippen LogP contribution is 2.20. The molecule has 0 aromatic carbocycles. The quantitative estimate of drug-likeness (QED) is 0.616. The van der Waals surface area contributed by atoms with Crippen LogP contribution >= 0.6 is 0 Å². The zero-order valence-electron chi connectivity index (χ0n) is 6.45. The average Bonchev–Trinajstić information content (AvgIpc) is 2.06. The number of rotatable bonds is 2. The normalized spacial score (nSPS) is 19.7. The van der Waals surface area contributed by atoms with Crippen LogP contribution in [0.5, 0.6) is 0 Å². The van der Waals surface area contributed by atoms with Crippen molar-refractivity contribution in [1.82, 2.24) is 0 Å². The molecule has 0 unspecified atom stereocenters. The van der Waals surface area contributed by atoms with Gasteiger partial charge in [-0.2, -0.15) is 0 Å². The Morgan fingerprint density at radius 1 is 1.36 bits per heavy atom. The lowest BCUT2D eigenvalue weighted by molar-refractivity contribution is -0.149. The Kier molecular flexibility index (Phi) is 3.36. The molecule has 0 spiro atoms. The number of hydrogen-bond acceptors (Lipinski definition) is 3. The molecule has 0 atom stereocenters. The van der Waals surface area contributed by atoms with Crippen LogP contribution < -0.4 is 0 Å². The van der Waals surface area contributed by atoms with Crippen LogP contribution in [0, 0.1) is 6.61 Å². The monoisotopic (exact) mass is 157 g/mol. The topological polar surface area (TPSA) is 46.5 Å². The molecule has 1 radical (unpaired) electrons. The summed E-state index contributed by atoms with van der Waals surface area (Å²) in [7, 11) is 0. The summed E-state index contributed by atoms with van der Waals surface area (Å²) in [5, 5.41) is 8.27. The highest BCUT2D eigenvalue weighted by atomic mass is 16.6. The van der Waals surface area contributed by atoms with Gasteiger partial charge in [-0.3, -0.25) is 0 Å². The molecule has 0 amide bonds. The third-order valence-electron chi connectivity index (χ3n) is 1.94. The maximum Gasteiger partial charge on any atom is 0.338 e. The zero-order valence-corrected chi connectivity index (χ0v) is 6.45. The molecule has 11 heavy (non-hydrogen) atoms. The smallest absolute Gasteiger partial charge is 0.338 e. The van der Waals surface area contributed by atoms with Gasteiger partial charge in [-0.15, -0.1) is 0 Å². The fourth-order valence-electron chi connectivity index (χ4n) is 1.38. The summed E-state index contributed by atoms with van der Waals surface area (Å²) in [6, 6.07) is 0. The Labute approximate surface area is 66.4 Å². The van der Waals surface area contributed by atoms with Crippen LogP contribution in [0.2, 0.25) is 0 Å². The van der Waals surface area contributed by atoms with E-state index in [1.807, 2.05) is 0 Å². The first-order valence-electron chi connectivity index (χ1n) is 4.01. The lowest BCUT2D eigenvalue weighted by Crippen LogP contribution is -2.20. The van der Waals surface area contributed by atoms with E-state index in [0.717, 1.165) is 25.7 Å². The summed E-state index contributed by atoms with van der Waals surface area (Å²) < 4.78 is 4.90.